The minimum atomic E-state index is -0.488. The monoisotopic (exact) mass is 204 g/mol. The largest absolute Gasteiger partial charge is 0.505 e. The Morgan fingerprint density at radius 2 is 2.42 bits per heavy atom. The van der Waals surface area contributed by atoms with Crippen LogP contribution >= 0.6 is 23.1 Å². The van der Waals surface area contributed by atoms with Gasteiger partial charge in [0.25, 0.3) is 0 Å². The van der Waals surface area contributed by atoms with Crippen LogP contribution in [0.4, 0.5) is 0 Å². The zero-order valence-corrected chi connectivity index (χ0v) is 8.29. The average molecular weight is 204 g/mol. The highest BCUT2D eigenvalue weighted by molar-refractivity contribution is 7.98. The Bertz CT molecular complexity index is 293. The first-order valence-electron chi connectivity index (χ1n) is 3.13. The second-order valence-corrected chi connectivity index (χ2v) is 3.70. The number of hydrogen-bond donors (Lipinski definition) is 1. The van der Waals surface area contributed by atoms with Gasteiger partial charge in [-0.2, -0.15) is 0 Å². The number of rotatable bonds is 2. The molecule has 66 valence electrons. The van der Waals surface area contributed by atoms with Gasteiger partial charge in [-0.3, -0.25) is 0 Å². The molecule has 1 aromatic heterocycles. The maximum atomic E-state index is 11.0. The van der Waals surface area contributed by atoms with E-state index in [1.165, 1.54) is 30.2 Å². The molecule has 0 atom stereocenters. The predicted octanol–water partition coefficient (Wildman–Crippen LogP) is 1.96. The van der Waals surface area contributed by atoms with Gasteiger partial charge in [-0.15, -0.1) is 23.1 Å². The molecule has 0 aliphatic carbocycles. The molecule has 0 aliphatic rings. The predicted molar refractivity (Wildman–Crippen MR) is 49.1 cm³/mol. The Hall–Kier alpha value is -0.680. The highest BCUT2D eigenvalue weighted by Gasteiger charge is 2.16. The number of thiophene rings is 1. The SMILES string of the molecule is COC(=O)c1scc(SC)c1O. The summed E-state index contributed by atoms with van der Waals surface area (Å²) < 4.78 is 4.48. The zero-order chi connectivity index (χ0) is 9.14. The Labute approximate surface area is 78.4 Å². The number of carbonyl (C=O) groups excluding carboxylic acids is 1. The van der Waals surface area contributed by atoms with Gasteiger partial charge in [-0.05, 0) is 6.26 Å². The van der Waals surface area contributed by atoms with E-state index in [2.05, 4.69) is 4.74 Å². The summed E-state index contributed by atoms with van der Waals surface area (Å²) in [5, 5.41) is 11.1. The van der Waals surface area contributed by atoms with E-state index in [-0.39, 0.29) is 10.6 Å². The average Bonchev–Trinajstić information content (AvgIpc) is 2.45. The Morgan fingerprint density at radius 3 is 2.83 bits per heavy atom. The Balaban J connectivity index is 3.02. The lowest BCUT2D eigenvalue weighted by molar-refractivity contribution is 0.0603. The molecule has 0 radical (unpaired) electrons. The van der Waals surface area contributed by atoms with Crippen molar-refractivity contribution < 1.29 is 14.6 Å². The lowest BCUT2D eigenvalue weighted by Gasteiger charge is -1.96. The van der Waals surface area contributed by atoms with Crippen molar-refractivity contribution in [3.63, 3.8) is 0 Å². The molecule has 0 aromatic carbocycles. The fourth-order valence-electron chi connectivity index (χ4n) is 0.718. The van der Waals surface area contributed by atoms with Crippen molar-refractivity contribution in [3.8, 4) is 5.75 Å². The molecule has 0 unspecified atom stereocenters. The fraction of sp³-hybridized carbons (Fsp3) is 0.286. The molecule has 0 saturated carbocycles. The van der Waals surface area contributed by atoms with Crippen LogP contribution in [0.2, 0.25) is 0 Å². The van der Waals surface area contributed by atoms with Crippen LogP contribution in [0.3, 0.4) is 0 Å². The molecule has 0 saturated heterocycles. The lowest BCUT2D eigenvalue weighted by atomic mass is 10.4. The van der Waals surface area contributed by atoms with Crippen LogP contribution in [0, 0.1) is 0 Å². The molecule has 12 heavy (non-hydrogen) atoms. The number of methoxy groups -OCH3 is 1. The van der Waals surface area contributed by atoms with Gasteiger partial charge in [0.15, 0.2) is 10.6 Å². The van der Waals surface area contributed by atoms with Crippen LogP contribution in [-0.2, 0) is 4.74 Å². The quantitative estimate of drug-likeness (QED) is 0.591. The van der Waals surface area contributed by atoms with Gasteiger partial charge >= 0.3 is 5.97 Å². The third kappa shape index (κ3) is 1.56. The van der Waals surface area contributed by atoms with Gasteiger partial charge in [0.05, 0.1) is 12.0 Å². The smallest absolute Gasteiger partial charge is 0.351 e. The Kier molecular flexibility index (Phi) is 2.99. The number of esters is 1. The zero-order valence-electron chi connectivity index (χ0n) is 6.66. The molecule has 5 heteroatoms. The summed E-state index contributed by atoms with van der Waals surface area (Å²) >= 11 is 2.58. The molecule has 1 aromatic rings. The van der Waals surface area contributed by atoms with Crippen molar-refractivity contribution >= 4 is 29.1 Å². The third-order valence-electron chi connectivity index (χ3n) is 1.32. The summed E-state index contributed by atoms with van der Waals surface area (Å²) in [5.41, 5.74) is 0. The second-order valence-electron chi connectivity index (χ2n) is 1.97. The second kappa shape index (κ2) is 3.82. The van der Waals surface area contributed by atoms with E-state index in [0.29, 0.717) is 4.90 Å². The maximum Gasteiger partial charge on any atom is 0.351 e. The molecule has 1 heterocycles. The number of hydrogen-bond acceptors (Lipinski definition) is 5. The van der Waals surface area contributed by atoms with Crippen molar-refractivity contribution in [1.82, 2.24) is 0 Å². The number of carbonyl (C=O) groups is 1. The van der Waals surface area contributed by atoms with E-state index in [4.69, 9.17) is 0 Å². The van der Waals surface area contributed by atoms with E-state index in [1.807, 2.05) is 6.26 Å². The normalized spacial score (nSPS) is 9.83. The van der Waals surface area contributed by atoms with Gasteiger partial charge in [0.1, 0.15) is 0 Å². The molecule has 1 N–H and O–H groups in total. The van der Waals surface area contributed by atoms with Crippen molar-refractivity contribution in [3.05, 3.63) is 10.3 Å². The van der Waals surface area contributed by atoms with Crippen LogP contribution in [0.15, 0.2) is 10.3 Å². The molecule has 0 bridgehead atoms. The minimum absolute atomic E-state index is 0.0272. The summed E-state index contributed by atoms with van der Waals surface area (Å²) in [6.45, 7) is 0. The number of aromatic hydroxyl groups is 1. The van der Waals surface area contributed by atoms with E-state index < -0.39 is 5.97 Å². The van der Waals surface area contributed by atoms with E-state index in [0.717, 1.165) is 0 Å². The van der Waals surface area contributed by atoms with Crippen LogP contribution in [0.25, 0.3) is 0 Å². The summed E-state index contributed by atoms with van der Waals surface area (Å²) in [5.74, 6) is -0.461. The summed E-state index contributed by atoms with van der Waals surface area (Å²) in [4.78, 5) is 12.0. The number of thioether (sulfide) groups is 1. The van der Waals surface area contributed by atoms with Crippen molar-refractivity contribution in [1.29, 1.82) is 0 Å². The fourth-order valence-corrected chi connectivity index (χ4v) is 2.35. The summed E-state index contributed by atoms with van der Waals surface area (Å²) in [6.07, 6.45) is 1.84. The summed E-state index contributed by atoms with van der Waals surface area (Å²) in [6, 6.07) is 0. The van der Waals surface area contributed by atoms with Gasteiger partial charge < -0.3 is 9.84 Å². The molecule has 0 amide bonds. The van der Waals surface area contributed by atoms with Gasteiger partial charge in [0.2, 0.25) is 0 Å². The van der Waals surface area contributed by atoms with Crippen LogP contribution in [0.5, 0.6) is 5.75 Å². The standard InChI is InChI=1S/C7H8O3S2/c1-10-7(9)6-5(8)4(11-2)3-12-6/h3,8H,1-2H3. The molecular weight excluding hydrogens is 196 g/mol. The van der Waals surface area contributed by atoms with Crippen LogP contribution in [-0.4, -0.2) is 24.4 Å². The summed E-state index contributed by atoms with van der Waals surface area (Å²) in [7, 11) is 1.29. The molecule has 3 nitrogen and oxygen atoms in total. The first-order chi connectivity index (χ1) is 5.70. The highest BCUT2D eigenvalue weighted by atomic mass is 32.2. The third-order valence-corrected chi connectivity index (χ3v) is 3.17. The van der Waals surface area contributed by atoms with E-state index in [9.17, 15) is 9.90 Å². The first-order valence-corrected chi connectivity index (χ1v) is 5.24. The van der Waals surface area contributed by atoms with Crippen molar-refractivity contribution in [2.75, 3.05) is 13.4 Å². The number of ether oxygens (including phenoxy) is 1. The maximum absolute atomic E-state index is 11.0. The molecule has 0 spiro atoms. The molecule has 0 fully saturated rings. The minimum Gasteiger partial charge on any atom is -0.505 e. The Morgan fingerprint density at radius 1 is 1.75 bits per heavy atom. The van der Waals surface area contributed by atoms with Gasteiger partial charge in [-0.25, -0.2) is 4.79 Å². The molecule has 1 rings (SSSR count). The lowest BCUT2D eigenvalue weighted by Crippen LogP contribution is -1.97. The van der Waals surface area contributed by atoms with E-state index >= 15 is 0 Å². The van der Waals surface area contributed by atoms with Crippen LogP contribution in [0.1, 0.15) is 9.67 Å². The highest BCUT2D eigenvalue weighted by Crippen LogP contribution is 2.35. The van der Waals surface area contributed by atoms with Crippen LogP contribution < -0.4 is 0 Å². The van der Waals surface area contributed by atoms with Gasteiger partial charge in [0, 0.05) is 5.38 Å². The first kappa shape index (κ1) is 9.41. The molecular formula is C7H8O3S2. The topological polar surface area (TPSA) is 46.5 Å². The molecule has 0 aliphatic heterocycles. The van der Waals surface area contributed by atoms with Crippen molar-refractivity contribution in [2.45, 2.75) is 4.90 Å². The van der Waals surface area contributed by atoms with Crippen molar-refractivity contribution in [2.24, 2.45) is 0 Å². The van der Waals surface area contributed by atoms with E-state index in [1.54, 1.807) is 5.38 Å². The van der Waals surface area contributed by atoms with Gasteiger partial charge in [-0.1, -0.05) is 0 Å².